The molecule has 2 unspecified atom stereocenters. The van der Waals surface area contributed by atoms with Crippen LogP contribution in [0.2, 0.25) is 0 Å². The van der Waals surface area contributed by atoms with Crippen LogP contribution in [0, 0.1) is 5.92 Å². The highest BCUT2D eigenvalue weighted by Crippen LogP contribution is 2.18. The van der Waals surface area contributed by atoms with Crippen molar-refractivity contribution in [1.29, 1.82) is 0 Å². The first-order valence-electron chi connectivity index (χ1n) is 9.60. The third-order valence-corrected chi connectivity index (χ3v) is 5.52. The van der Waals surface area contributed by atoms with Crippen LogP contribution in [-0.4, -0.2) is 48.0 Å². The Morgan fingerprint density at radius 1 is 1.30 bits per heavy atom. The van der Waals surface area contributed by atoms with Gasteiger partial charge in [-0.15, -0.1) is 0 Å². The zero-order chi connectivity index (χ0) is 19.6. The molecular formula is C20H32N4O2S. The fraction of sp³-hybridized carbons (Fsp3) is 0.600. The molecule has 1 aromatic rings. The Balaban J connectivity index is 1.82. The van der Waals surface area contributed by atoms with Gasteiger partial charge in [0.1, 0.15) is 6.04 Å². The van der Waals surface area contributed by atoms with E-state index >= 15 is 0 Å². The van der Waals surface area contributed by atoms with E-state index < -0.39 is 12.1 Å². The Bertz CT molecular complexity index is 609. The lowest BCUT2D eigenvalue weighted by Crippen LogP contribution is -2.48. The summed E-state index contributed by atoms with van der Waals surface area (Å²) in [4.78, 5) is 25.9. The molecule has 1 aliphatic rings. The number of nitrogens with two attached hydrogens (primary N) is 1. The standard InChI is InChI=1S/C20H32N4O2S/c1-15-4-3-10-24(13-15)14-17-7-5-16(6-8-17)12-22-19(25)18(9-11-27-2)23-20(21)26/h5-8,15,18H,3-4,9-14H2,1-2H3,(H,22,25)(H3,21,23,26). The molecule has 1 fully saturated rings. The Labute approximate surface area is 166 Å². The van der Waals surface area contributed by atoms with Crippen molar-refractivity contribution in [3.63, 3.8) is 0 Å². The highest BCUT2D eigenvalue weighted by Gasteiger charge is 2.19. The Hall–Kier alpha value is -1.73. The number of piperidine rings is 1. The quantitative estimate of drug-likeness (QED) is 0.602. The molecular weight excluding hydrogens is 360 g/mol. The number of hydrogen-bond donors (Lipinski definition) is 3. The molecule has 27 heavy (non-hydrogen) atoms. The van der Waals surface area contributed by atoms with Crippen molar-refractivity contribution in [3.05, 3.63) is 35.4 Å². The number of rotatable bonds is 9. The van der Waals surface area contributed by atoms with Gasteiger partial charge >= 0.3 is 6.03 Å². The van der Waals surface area contributed by atoms with Crippen LogP contribution in [-0.2, 0) is 17.9 Å². The lowest BCUT2D eigenvalue weighted by atomic mass is 9.99. The summed E-state index contributed by atoms with van der Waals surface area (Å²) in [5.74, 6) is 1.36. The number of urea groups is 1. The molecule has 6 nitrogen and oxygen atoms in total. The maximum atomic E-state index is 12.3. The topological polar surface area (TPSA) is 87.5 Å². The number of carbonyl (C=O) groups is 2. The molecule has 1 heterocycles. The van der Waals surface area contributed by atoms with Gasteiger partial charge in [-0.3, -0.25) is 9.69 Å². The van der Waals surface area contributed by atoms with Crippen LogP contribution in [0.25, 0.3) is 0 Å². The van der Waals surface area contributed by atoms with Gasteiger partial charge in [0.25, 0.3) is 0 Å². The summed E-state index contributed by atoms with van der Waals surface area (Å²) in [6.45, 7) is 6.08. The summed E-state index contributed by atoms with van der Waals surface area (Å²) in [6.07, 6.45) is 5.13. The molecule has 0 saturated carbocycles. The summed E-state index contributed by atoms with van der Waals surface area (Å²) in [6, 6.07) is 7.12. The van der Waals surface area contributed by atoms with E-state index in [-0.39, 0.29) is 5.91 Å². The minimum atomic E-state index is -0.673. The second-order valence-corrected chi connectivity index (χ2v) is 8.35. The van der Waals surface area contributed by atoms with E-state index in [1.807, 2.05) is 6.26 Å². The van der Waals surface area contributed by atoms with Crippen LogP contribution < -0.4 is 16.4 Å². The fourth-order valence-electron chi connectivity index (χ4n) is 3.44. The molecule has 0 spiro atoms. The largest absolute Gasteiger partial charge is 0.352 e. The van der Waals surface area contributed by atoms with Crippen LogP contribution in [0.5, 0.6) is 0 Å². The van der Waals surface area contributed by atoms with Gasteiger partial charge in [0.05, 0.1) is 0 Å². The average molecular weight is 393 g/mol. The van der Waals surface area contributed by atoms with Gasteiger partial charge in [-0.05, 0) is 54.9 Å². The first-order chi connectivity index (χ1) is 13.0. The van der Waals surface area contributed by atoms with E-state index in [1.54, 1.807) is 11.8 Å². The average Bonchev–Trinajstić information content (AvgIpc) is 2.64. The molecule has 7 heteroatoms. The van der Waals surface area contributed by atoms with Gasteiger partial charge in [0.2, 0.25) is 5.91 Å². The summed E-state index contributed by atoms with van der Waals surface area (Å²) >= 11 is 1.63. The van der Waals surface area contributed by atoms with Crippen LogP contribution in [0.15, 0.2) is 24.3 Å². The Morgan fingerprint density at radius 2 is 2.00 bits per heavy atom. The number of carbonyl (C=O) groups excluding carboxylic acids is 2. The van der Waals surface area contributed by atoms with Crippen molar-refractivity contribution in [2.24, 2.45) is 11.7 Å². The van der Waals surface area contributed by atoms with Gasteiger partial charge in [0.15, 0.2) is 0 Å². The van der Waals surface area contributed by atoms with Crippen LogP contribution in [0.1, 0.15) is 37.3 Å². The van der Waals surface area contributed by atoms with Gasteiger partial charge in [-0.25, -0.2) is 4.79 Å². The van der Waals surface area contributed by atoms with Crippen molar-refractivity contribution < 1.29 is 9.59 Å². The molecule has 0 aliphatic carbocycles. The Morgan fingerprint density at radius 3 is 2.63 bits per heavy atom. The monoisotopic (exact) mass is 392 g/mol. The van der Waals surface area contributed by atoms with Gasteiger partial charge < -0.3 is 16.4 Å². The van der Waals surface area contributed by atoms with Crippen molar-refractivity contribution in [2.75, 3.05) is 25.1 Å². The Kier molecular flexibility index (Phi) is 8.94. The van der Waals surface area contributed by atoms with E-state index in [1.165, 1.54) is 31.5 Å². The highest BCUT2D eigenvalue weighted by atomic mass is 32.2. The normalized spacial score (nSPS) is 18.7. The third-order valence-electron chi connectivity index (χ3n) is 4.88. The van der Waals surface area contributed by atoms with E-state index in [2.05, 4.69) is 46.7 Å². The number of nitrogens with zero attached hydrogens (tertiary/aromatic N) is 1. The van der Waals surface area contributed by atoms with Gasteiger partial charge in [0, 0.05) is 19.6 Å². The van der Waals surface area contributed by atoms with Crippen molar-refractivity contribution in [1.82, 2.24) is 15.5 Å². The number of benzene rings is 1. The fourth-order valence-corrected chi connectivity index (χ4v) is 3.91. The molecule has 3 amide bonds. The molecule has 4 N–H and O–H groups in total. The first kappa shape index (κ1) is 21.6. The molecule has 2 atom stereocenters. The molecule has 0 radical (unpaired) electrons. The van der Waals surface area contributed by atoms with Crippen LogP contribution in [0.3, 0.4) is 0 Å². The number of likely N-dealkylation sites (tertiary alicyclic amines) is 1. The van der Waals surface area contributed by atoms with E-state index in [0.717, 1.165) is 23.8 Å². The third kappa shape index (κ3) is 7.81. The highest BCUT2D eigenvalue weighted by molar-refractivity contribution is 7.98. The summed E-state index contributed by atoms with van der Waals surface area (Å²) in [5.41, 5.74) is 7.51. The molecule has 0 aromatic heterocycles. The number of hydrogen-bond acceptors (Lipinski definition) is 4. The zero-order valence-electron chi connectivity index (χ0n) is 16.4. The molecule has 1 saturated heterocycles. The molecule has 1 aliphatic heterocycles. The number of amides is 3. The van der Waals surface area contributed by atoms with E-state index in [0.29, 0.717) is 13.0 Å². The molecule has 0 bridgehead atoms. The second kappa shape index (κ2) is 11.2. The smallest absolute Gasteiger partial charge is 0.312 e. The number of nitrogens with one attached hydrogen (secondary N) is 2. The summed E-state index contributed by atoms with van der Waals surface area (Å²) in [5, 5.41) is 5.41. The molecule has 150 valence electrons. The van der Waals surface area contributed by atoms with Crippen LogP contribution >= 0.6 is 11.8 Å². The second-order valence-electron chi connectivity index (χ2n) is 7.36. The van der Waals surface area contributed by atoms with Crippen molar-refractivity contribution >= 4 is 23.7 Å². The zero-order valence-corrected chi connectivity index (χ0v) is 17.2. The predicted molar refractivity (Wildman–Crippen MR) is 111 cm³/mol. The first-order valence-corrected chi connectivity index (χ1v) is 11.0. The van der Waals surface area contributed by atoms with E-state index in [4.69, 9.17) is 5.73 Å². The molecule has 2 rings (SSSR count). The minimum Gasteiger partial charge on any atom is -0.352 e. The predicted octanol–water partition coefficient (Wildman–Crippen LogP) is 2.32. The van der Waals surface area contributed by atoms with Gasteiger partial charge in [-0.2, -0.15) is 11.8 Å². The maximum Gasteiger partial charge on any atom is 0.312 e. The SMILES string of the molecule is CSCCC(NC(N)=O)C(=O)NCc1ccc(CN2CCCC(C)C2)cc1. The van der Waals surface area contributed by atoms with Gasteiger partial charge in [-0.1, -0.05) is 31.2 Å². The minimum absolute atomic E-state index is 0.200. The van der Waals surface area contributed by atoms with Crippen molar-refractivity contribution in [2.45, 2.75) is 45.3 Å². The van der Waals surface area contributed by atoms with Crippen LogP contribution in [0.4, 0.5) is 4.79 Å². The lowest BCUT2D eigenvalue weighted by molar-refractivity contribution is -0.123. The number of primary amides is 1. The number of thioether (sulfide) groups is 1. The maximum absolute atomic E-state index is 12.3. The summed E-state index contributed by atoms with van der Waals surface area (Å²) < 4.78 is 0. The van der Waals surface area contributed by atoms with E-state index in [9.17, 15) is 9.59 Å². The summed E-state index contributed by atoms with van der Waals surface area (Å²) in [7, 11) is 0. The van der Waals surface area contributed by atoms with Crippen molar-refractivity contribution in [3.8, 4) is 0 Å². The lowest BCUT2D eigenvalue weighted by Gasteiger charge is -2.30. The molecule has 1 aromatic carbocycles.